The minimum atomic E-state index is -0.696. The van der Waals surface area contributed by atoms with E-state index < -0.39 is 10.8 Å². The molecule has 3 rings (SSSR count). The Morgan fingerprint density at radius 2 is 2.16 bits per heavy atom. The largest absolute Gasteiger partial charge is 0.369 e. The summed E-state index contributed by atoms with van der Waals surface area (Å²) in [4.78, 5) is 4.34. The van der Waals surface area contributed by atoms with Crippen LogP contribution in [0, 0.1) is 11.3 Å². The molecule has 98 valence electrons. The lowest BCUT2D eigenvalue weighted by Crippen LogP contribution is -2.22. The van der Waals surface area contributed by atoms with Gasteiger partial charge in [-0.25, -0.2) is 4.98 Å². The summed E-state index contributed by atoms with van der Waals surface area (Å²) in [7, 11) is -0.696. The van der Waals surface area contributed by atoms with Gasteiger partial charge < -0.3 is 10.3 Å². The second-order valence-electron chi connectivity index (χ2n) is 4.73. The quantitative estimate of drug-likeness (QED) is 0.855. The second-order valence-corrected chi connectivity index (χ2v) is 6.43. The smallest absolute Gasteiger partial charge is 0.201 e. The molecule has 0 aliphatic carbocycles. The van der Waals surface area contributed by atoms with E-state index in [2.05, 4.69) is 11.1 Å². The van der Waals surface area contributed by atoms with Crippen molar-refractivity contribution < 1.29 is 4.21 Å². The Labute approximate surface area is 113 Å². The first-order valence-corrected chi connectivity index (χ1v) is 7.70. The predicted molar refractivity (Wildman–Crippen MR) is 75.0 cm³/mol. The van der Waals surface area contributed by atoms with Crippen molar-refractivity contribution in [3.05, 3.63) is 23.8 Å². The highest BCUT2D eigenvalue weighted by atomic mass is 32.2. The summed E-state index contributed by atoms with van der Waals surface area (Å²) in [6, 6.07) is 7.76. The summed E-state index contributed by atoms with van der Waals surface area (Å²) in [6.07, 6.45) is 1.69. The van der Waals surface area contributed by atoms with Crippen molar-refractivity contribution in [2.24, 2.45) is 0 Å². The van der Waals surface area contributed by atoms with Crippen LogP contribution in [0.2, 0.25) is 0 Å². The summed E-state index contributed by atoms with van der Waals surface area (Å²) in [5, 5.41) is 8.99. The molecule has 1 aromatic carbocycles. The van der Waals surface area contributed by atoms with Gasteiger partial charge in [0.2, 0.25) is 5.95 Å². The van der Waals surface area contributed by atoms with Gasteiger partial charge in [0.1, 0.15) is 0 Å². The Kier molecular flexibility index (Phi) is 2.99. The molecule has 0 amide bonds. The van der Waals surface area contributed by atoms with Crippen LogP contribution in [0.5, 0.6) is 0 Å². The Bertz CT molecular complexity index is 690. The fourth-order valence-electron chi connectivity index (χ4n) is 2.60. The molecule has 19 heavy (non-hydrogen) atoms. The molecule has 6 heteroatoms. The maximum atomic E-state index is 11.4. The number of benzene rings is 1. The number of nitrogen functional groups attached to an aromatic ring is 1. The first-order valence-electron chi connectivity index (χ1n) is 6.21. The molecule has 1 fully saturated rings. The maximum Gasteiger partial charge on any atom is 0.201 e. The highest BCUT2D eigenvalue weighted by molar-refractivity contribution is 7.85. The van der Waals surface area contributed by atoms with Gasteiger partial charge in [0.15, 0.2) is 0 Å². The number of fused-ring (bicyclic) bond motifs is 1. The SMILES string of the molecule is N#Cc1ccc2nc(N)n(C3CCS(=O)CC3)c2c1. The number of nitrogens with two attached hydrogens (primary N) is 1. The third-order valence-electron chi connectivity index (χ3n) is 3.57. The molecule has 0 radical (unpaired) electrons. The molecular formula is C13H14N4OS. The van der Waals surface area contributed by atoms with Crippen LogP contribution < -0.4 is 5.73 Å². The third kappa shape index (κ3) is 2.10. The molecule has 2 aromatic rings. The summed E-state index contributed by atoms with van der Waals surface area (Å²) in [5.74, 6) is 1.89. The number of hydrogen-bond donors (Lipinski definition) is 1. The molecule has 0 atom stereocenters. The Morgan fingerprint density at radius 3 is 2.84 bits per heavy atom. The van der Waals surface area contributed by atoms with Gasteiger partial charge in [-0.3, -0.25) is 4.21 Å². The second kappa shape index (κ2) is 4.67. The molecule has 0 unspecified atom stereocenters. The number of hydrogen-bond acceptors (Lipinski definition) is 4. The normalized spacial score (nSPS) is 23.3. The van der Waals surface area contributed by atoms with Crippen molar-refractivity contribution in [1.82, 2.24) is 9.55 Å². The molecule has 1 aromatic heterocycles. The molecular weight excluding hydrogens is 260 g/mol. The fraction of sp³-hybridized carbons (Fsp3) is 0.385. The average molecular weight is 274 g/mol. The molecule has 5 nitrogen and oxygen atoms in total. The van der Waals surface area contributed by atoms with Crippen LogP contribution in [0.1, 0.15) is 24.4 Å². The maximum absolute atomic E-state index is 11.4. The number of nitrogens with zero attached hydrogens (tertiary/aromatic N) is 3. The number of rotatable bonds is 1. The lowest BCUT2D eigenvalue weighted by molar-refractivity contribution is 0.478. The standard InChI is InChI=1S/C13H14N4OS/c14-8-9-1-2-11-12(7-9)17(13(15)16-11)10-3-5-19(18)6-4-10/h1-2,7,10H,3-6H2,(H2,15,16). The van der Waals surface area contributed by atoms with Gasteiger partial charge in [-0.2, -0.15) is 5.26 Å². The van der Waals surface area contributed by atoms with E-state index in [4.69, 9.17) is 11.0 Å². The molecule has 2 heterocycles. The molecule has 1 aliphatic heterocycles. The monoisotopic (exact) mass is 274 g/mol. The van der Waals surface area contributed by atoms with E-state index in [1.807, 2.05) is 16.7 Å². The van der Waals surface area contributed by atoms with E-state index in [-0.39, 0.29) is 6.04 Å². The van der Waals surface area contributed by atoms with Crippen molar-refractivity contribution in [2.45, 2.75) is 18.9 Å². The summed E-state index contributed by atoms with van der Waals surface area (Å²) in [6.45, 7) is 0. The van der Waals surface area contributed by atoms with Gasteiger partial charge in [0.05, 0.1) is 22.7 Å². The van der Waals surface area contributed by atoms with E-state index in [9.17, 15) is 4.21 Å². The lowest BCUT2D eigenvalue weighted by atomic mass is 10.1. The van der Waals surface area contributed by atoms with Gasteiger partial charge in [-0.1, -0.05) is 0 Å². The first-order chi connectivity index (χ1) is 9.19. The Hall–Kier alpha value is -1.87. The zero-order valence-corrected chi connectivity index (χ0v) is 11.2. The van der Waals surface area contributed by atoms with Crippen molar-refractivity contribution in [2.75, 3.05) is 17.2 Å². The topological polar surface area (TPSA) is 84.7 Å². The third-order valence-corrected chi connectivity index (χ3v) is 4.95. The van der Waals surface area contributed by atoms with Crippen molar-refractivity contribution in [1.29, 1.82) is 5.26 Å². The zero-order chi connectivity index (χ0) is 13.4. The van der Waals surface area contributed by atoms with Gasteiger partial charge in [0.25, 0.3) is 0 Å². The zero-order valence-electron chi connectivity index (χ0n) is 10.4. The van der Waals surface area contributed by atoms with Gasteiger partial charge in [-0.15, -0.1) is 0 Å². The molecule has 2 N–H and O–H groups in total. The fourth-order valence-corrected chi connectivity index (χ4v) is 3.88. The molecule has 0 saturated carbocycles. The van der Waals surface area contributed by atoms with Crippen LogP contribution in [0.25, 0.3) is 11.0 Å². The van der Waals surface area contributed by atoms with Crippen LogP contribution in [-0.4, -0.2) is 25.3 Å². The predicted octanol–water partition coefficient (Wildman–Crippen LogP) is 1.57. The van der Waals surface area contributed by atoms with Crippen molar-refractivity contribution in [3.63, 3.8) is 0 Å². The average Bonchev–Trinajstić information content (AvgIpc) is 2.75. The van der Waals surface area contributed by atoms with Crippen molar-refractivity contribution >= 4 is 27.8 Å². The molecule has 0 bridgehead atoms. The molecule has 1 saturated heterocycles. The summed E-state index contributed by atoms with van der Waals surface area (Å²) in [5.41, 5.74) is 8.31. The van der Waals surface area contributed by atoms with Crippen LogP contribution >= 0.6 is 0 Å². The van der Waals surface area contributed by atoms with E-state index >= 15 is 0 Å². The summed E-state index contributed by atoms with van der Waals surface area (Å²) >= 11 is 0. The minimum Gasteiger partial charge on any atom is -0.369 e. The number of imidazole rings is 1. The first kappa shape index (κ1) is 12.2. The minimum absolute atomic E-state index is 0.233. The van der Waals surface area contributed by atoms with Gasteiger partial charge >= 0.3 is 0 Å². The van der Waals surface area contributed by atoms with Crippen LogP contribution in [-0.2, 0) is 10.8 Å². The van der Waals surface area contributed by atoms with E-state index in [0.717, 1.165) is 23.9 Å². The Balaban J connectivity index is 2.09. The summed E-state index contributed by atoms with van der Waals surface area (Å²) < 4.78 is 13.4. The van der Waals surface area contributed by atoms with Crippen LogP contribution in [0.3, 0.4) is 0 Å². The van der Waals surface area contributed by atoms with Gasteiger partial charge in [0, 0.05) is 28.3 Å². The van der Waals surface area contributed by atoms with E-state index in [1.165, 1.54) is 0 Å². The molecule has 1 aliphatic rings. The molecule has 0 spiro atoms. The Morgan fingerprint density at radius 1 is 1.42 bits per heavy atom. The number of nitriles is 1. The van der Waals surface area contributed by atoms with Crippen LogP contribution in [0.15, 0.2) is 18.2 Å². The van der Waals surface area contributed by atoms with Crippen LogP contribution in [0.4, 0.5) is 5.95 Å². The number of aromatic nitrogens is 2. The lowest BCUT2D eigenvalue weighted by Gasteiger charge is -2.24. The highest BCUT2D eigenvalue weighted by Crippen LogP contribution is 2.30. The van der Waals surface area contributed by atoms with E-state index in [0.29, 0.717) is 23.0 Å². The number of anilines is 1. The highest BCUT2D eigenvalue weighted by Gasteiger charge is 2.23. The van der Waals surface area contributed by atoms with Gasteiger partial charge in [-0.05, 0) is 31.0 Å². The van der Waals surface area contributed by atoms with E-state index in [1.54, 1.807) is 6.07 Å². The van der Waals surface area contributed by atoms with Crippen molar-refractivity contribution in [3.8, 4) is 6.07 Å².